The molecule has 0 aliphatic carbocycles. The Hall–Kier alpha value is -1.42. The van der Waals surface area contributed by atoms with Crippen LogP contribution in [0.25, 0.3) is 0 Å². The number of Topliss-reactive ketones (excluding diaryl/α,β-unsaturated/α-hetero) is 1. The summed E-state index contributed by atoms with van der Waals surface area (Å²) in [6.45, 7) is 5.64. The van der Waals surface area contributed by atoms with Crippen molar-refractivity contribution in [2.45, 2.75) is 13.3 Å². The second-order valence-corrected chi connectivity index (χ2v) is 4.88. The highest BCUT2D eigenvalue weighted by molar-refractivity contribution is 9.11. The van der Waals surface area contributed by atoms with Crippen molar-refractivity contribution in [1.29, 1.82) is 0 Å². The SMILES string of the molecule is C=C(Br)CC(C(=O)OCC)C(=O)c1ccccc1. The Morgan fingerprint density at radius 3 is 2.44 bits per heavy atom. The Morgan fingerprint density at radius 1 is 1.33 bits per heavy atom. The first-order chi connectivity index (χ1) is 8.56. The average Bonchev–Trinajstić information content (AvgIpc) is 2.36. The second kappa shape index (κ2) is 7.11. The lowest BCUT2D eigenvalue weighted by Crippen LogP contribution is -2.26. The van der Waals surface area contributed by atoms with Crippen molar-refractivity contribution < 1.29 is 14.3 Å². The maximum absolute atomic E-state index is 12.2. The summed E-state index contributed by atoms with van der Waals surface area (Å²) >= 11 is 3.18. The molecule has 0 fully saturated rings. The van der Waals surface area contributed by atoms with Crippen molar-refractivity contribution in [1.82, 2.24) is 0 Å². The summed E-state index contributed by atoms with van der Waals surface area (Å²) in [7, 11) is 0. The zero-order chi connectivity index (χ0) is 13.5. The Kier molecular flexibility index (Phi) is 5.78. The summed E-state index contributed by atoms with van der Waals surface area (Å²) in [4.78, 5) is 24.0. The summed E-state index contributed by atoms with van der Waals surface area (Å²) in [5, 5.41) is 0. The minimum atomic E-state index is -0.834. The molecule has 1 atom stereocenters. The first kappa shape index (κ1) is 14.6. The van der Waals surface area contributed by atoms with E-state index in [-0.39, 0.29) is 18.8 Å². The predicted octanol–water partition coefficient (Wildman–Crippen LogP) is 3.35. The average molecular weight is 311 g/mol. The van der Waals surface area contributed by atoms with Crippen LogP contribution in [0.15, 0.2) is 41.4 Å². The van der Waals surface area contributed by atoms with Gasteiger partial charge >= 0.3 is 5.97 Å². The number of esters is 1. The van der Waals surface area contributed by atoms with Gasteiger partial charge in [-0.3, -0.25) is 9.59 Å². The molecule has 1 unspecified atom stereocenters. The van der Waals surface area contributed by atoms with Gasteiger partial charge in [0.25, 0.3) is 0 Å². The van der Waals surface area contributed by atoms with Crippen molar-refractivity contribution in [2.24, 2.45) is 5.92 Å². The summed E-state index contributed by atoms with van der Waals surface area (Å²) < 4.78 is 5.53. The number of ketones is 1. The molecule has 0 N–H and O–H groups in total. The molecular formula is C14H15BrO3. The van der Waals surface area contributed by atoms with Gasteiger partial charge < -0.3 is 4.74 Å². The molecule has 1 rings (SSSR count). The standard InChI is InChI=1S/C14H15BrO3/c1-3-18-14(17)12(9-10(2)15)13(16)11-7-5-4-6-8-11/h4-8,12H,2-3,9H2,1H3. The van der Waals surface area contributed by atoms with Crippen molar-refractivity contribution >= 4 is 27.7 Å². The molecule has 0 radical (unpaired) electrons. The van der Waals surface area contributed by atoms with Crippen LogP contribution in [0.5, 0.6) is 0 Å². The number of benzene rings is 1. The van der Waals surface area contributed by atoms with Gasteiger partial charge in [-0.15, -0.1) is 0 Å². The molecule has 0 spiro atoms. The van der Waals surface area contributed by atoms with E-state index in [0.717, 1.165) is 0 Å². The van der Waals surface area contributed by atoms with Gasteiger partial charge in [-0.2, -0.15) is 0 Å². The topological polar surface area (TPSA) is 43.4 Å². The molecule has 3 nitrogen and oxygen atoms in total. The van der Waals surface area contributed by atoms with E-state index >= 15 is 0 Å². The van der Waals surface area contributed by atoms with E-state index in [4.69, 9.17) is 4.74 Å². The molecule has 18 heavy (non-hydrogen) atoms. The first-order valence-electron chi connectivity index (χ1n) is 5.65. The van der Waals surface area contributed by atoms with Crippen LogP contribution in [0.2, 0.25) is 0 Å². The fourth-order valence-electron chi connectivity index (χ4n) is 1.55. The zero-order valence-corrected chi connectivity index (χ0v) is 11.8. The van der Waals surface area contributed by atoms with E-state index in [1.165, 1.54) is 0 Å². The van der Waals surface area contributed by atoms with E-state index in [2.05, 4.69) is 22.5 Å². The minimum absolute atomic E-state index is 0.241. The molecule has 0 aliphatic heterocycles. The fraction of sp³-hybridized carbons (Fsp3) is 0.286. The highest BCUT2D eigenvalue weighted by atomic mass is 79.9. The van der Waals surface area contributed by atoms with Gasteiger partial charge in [0.1, 0.15) is 5.92 Å². The lowest BCUT2D eigenvalue weighted by molar-refractivity contribution is -0.146. The maximum Gasteiger partial charge on any atom is 0.317 e. The smallest absolute Gasteiger partial charge is 0.317 e. The first-order valence-corrected chi connectivity index (χ1v) is 6.44. The second-order valence-electron chi connectivity index (χ2n) is 3.76. The molecule has 0 aliphatic rings. The predicted molar refractivity (Wildman–Crippen MR) is 73.6 cm³/mol. The van der Waals surface area contributed by atoms with Crippen LogP contribution < -0.4 is 0 Å². The van der Waals surface area contributed by atoms with Crippen LogP contribution in [0.4, 0.5) is 0 Å². The van der Waals surface area contributed by atoms with E-state index in [1.807, 2.05) is 6.07 Å². The van der Waals surface area contributed by atoms with Crippen LogP contribution in [0.1, 0.15) is 23.7 Å². The molecule has 96 valence electrons. The number of hydrogen-bond acceptors (Lipinski definition) is 3. The van der Waals surface area contributed by atoms with Crippen LogP contribution in [0, 0.1) is 5.92 Å². The monoisotopic (exact) mass is 310 g/mol. The number of allylic oxidation sites excluding steroid dienone is 1. The van der Waals surface area contributed by atoms with E-state index in [9.17, 15) is 9.59 Å². The highest BCUT2D eigenvalue weighted by Gasteiger charge is 2.28. The molecule has 0 amide bonds. The Labute approximate surface area is 115 Å². The number of halogens is 1. The number of ether oxygens (including phenoxy) is 1. The molecule has 0 saturated heterocycles. The van der Waals surface area contributed by atoms with Crippen molar-refractivity contribution in [2.75, 3.05) is 6.61 Å². The summed E-state index contributed by atoms with van der Waals surface area (Å²) in [5.74, 6) is -1.58. The van der Waals surface area contributed by atoms with Gasteiger partial charge in [-0.05, 0) is 17.8 Å². The number of carbonyl (C=O) groups is 2. The Morgan fingerprint density at radius 2 is 1.94 bits per heavy atom. The largest absolute Gasteiger partial charge is 0.465 e. The lowest BCUT2D eigenvalue weighted by atomic mass is 9.94. The fourth-order valence-corrected chi connectivity index (χ4v) is 1.87. The van der Waals surface area contributed by atoms with Gasteiger partial charge in [-0.1, -0.05) is 52.8 Å². The van der Waals surface area contributed by atoms with Crippen LogP contribution in [-0.4, -0.2) is 18.4 Å². The van der Waals surface area contributed by atoms with Gasteiger partial charge in [0.2, 0.25) is 0 Å². The van der Waals surface area contributed by atoms with Crippen LogP contribution in [-0.2, 0) is 9.53 Å². The van der Waals surface area contributed by atoms with Gasteiger partial charge in [0.05, 0.1) is 6.61 Å². The Bertz CT molecular complexity index is 440. The van der Waals surface area contributed by atoms with Gasteiger partial charge in [0.15, 0.2) is 5.78 Å². The van der Waals surface area contributed by atoms with E-state index in [0.29, 0.717) is 10.0 Å². The third-order valence-corrected chi connectivity index (χ3v) is 2.70. The minimum Gasteiger partial charge on any atom is -0.465 e. The van der Waals surface area contributed by atoms with Crippen LogP contribution in [0.3, 0.4) is 0 Å². The molecule has 0 bridgehead atoms. The molecule has 0 heterocycles. The number of rotatable bonds is 6. The molecule has 1 aromatic rings. The molecular weight excluding hydrogens is 296 g/mol. The zero-order valence-electron chi connectivity index (χ0n) is 10.2. The molecule has 0 saturated carbocycles. The summed E-state index contributed by atoms with van der Waals surface area (Å²) in [6, 6.07) is 8.72. The normalized spacial score (nSPS) is 11.7. The lowest BCUT2D eigenvalue weighted by Gasteiger charge is -2.13. The molecule has 4 heteroatoms. The molecule has 0 aromatic heterocycles. The number of hydrogen-bond donors (Lipinski definition) is 0. The van der Waals surface area contributed by atoms with Crippen LogP contribution >= 0.6 is 15.9 Å². The summed E-state index contributed by atoms with van der Waals surface area (Å²) in [5.41, 5.74) is 0.504. The highest BCUT2D eigenvalue weighted by Crippen LogP contribution is 2.21. The summed E-state index contributed by atoms with van der Waals surface area (Å²) in [6.07, 6.45) is 0.243. The van der Waals surface area contributed by atoms with Crippen molar-refractivity contribution in [3.8, 4) is 0 Å². The van der Waals surface area contributed by atoms with Gasteiger partial charge in [0, 0.05) is 5.56 Å². The third kappa shape index (κ3) is 4.11. The van der Waals surface area contributed by atoms with Crippen molar-refractivity contribution in [3.63, 3.8) is 0 Å². The van der Waals surface area contributed by atoms with E-state index in [1.54, 1.807) is 31.2 Å². The quantitative estimate of drug-likeness (QED) is 0.460. The van der Waals surface area contributed by atoms with Crippen molar-refractivity contribution in [3.05, 3.63) is 47.0 Å². The molecule has 1 aromatic carbocycles. The number of carbonyl (C=O) groups excluding carboxylic acids is 2. The maximum atomic E-state index is 12.2. The van der Waals surface area contributed by atoms with Gasteiger partial charge in [-0.25, -0.2) is 0 Å². The van der Waals surface area contributed by atoms with E-state index < -0.39 is 11.9 Å². The third-order valence-electron chi connectivity index (χ3n) is 2.37. The Balaban J connectivity index is 2.92.